The first-order chi connectivity index (χ1) is 11.3. The predicted molar refractivity (Wildman–Crippen MR) is 86.4 cm³/mol. The van der Waals surface area contributed by atoms with Gasteiger partial charge in [0, 0.05) is 37.1 Å². The highest BCUT2D eigenvalue weighted by Gasteiger charge is 2.50. The van der Waals surface area contributed by atoms with E-state index in [1.807, 2.05) is 0 Å². The summed E-state index contributed by atoms with van der Waals surface area (Å²) in [5.74, 6) is -0.456. The van der Waals surface area contributed by atoms with Gasteiger partial charge in [-0.3, -0.25) is 14.9 Å². The molecule has 2 fully saturated rings. The number of benzene rings is 1. The van der Waals surface area contributed by atoms with E-state index < -0.39 is 16.6 Å². The third-order valence-electron chi connectivity index (χ3n) is 5.51. The Morgan fingerprint density at radius 1 is 1.38 bits per heavy atom. The van der Waals surface area contributed by atoms with Gasteiger partial charge in [0.2, 0.25) is 5.91 Å². The minimum absolute atomic E-state index is 0.0772. The summed E-state index contributed by atoms with van der Waals surface area (Å²) >= 11 is 0. The standard InChI is InChI=1S/C17H22N2O5/c1-11(20)18-9-8-17(22)7-3-2-4-14(17)16(18)13-10-12(19(23)24)5-6-15(13)21/h5-6,10,14,16,21-22H,2-4,7-9H2,1H3. The second kappa shape index (κ2) is 6.05. The van der Waals surface area contributed by atoms with Crippen LogP contribution in [0.1, 0.15) is 50.6 Å². The van der Waals surface area contributed by atoms with Crippen molar-refractivity contribution in [1.82, 2.24) is 4.90 Å². The van der Waals surface area contributed by atoms with Gasteiger partial charge in [-0.15, -0.1) is 0 Å². The molecule has 1 aliphatic carbocycles. The molecule has 1 saturated carbocycles. The Balaban J connectivity index is 2.10. The molecule has 3 atom stereocenters. The Morgan fingerprint density at radius 3 is 2.79 bits per heavy atom. The van der Waals surface area contributed by atoms with Crippen molar-refractivity contribution in [2.45, 2.75) is 50.7 Å². The molecule has 0 aromatic heterocycles. The number of non-ortho nitro benzene ring substituents is 1. The first kappa shape index (κ1) is 16.7. The number of nitrogens with zero attached hydrogens (tertiary/aromatic N) is 2. The van der Waals surface area contributed by atoms with Crippen LogP contribution < -0.4 is 0 Å². The number of phenolic OH excluding ortho intramolecular Hbond substituents is 1. The molecule has 1 saturated heterocycles. The SMILES string of the molecule is CC(=O)N1CCC2(O)CCCCC2C1c1cc([N+](=O)[O-])ccc1O. The molecule has 7 heteroatoms. The molecular weight excluding hydrogens is 312 g/mol. The van der Waals surface area contributed by atoms with Crippen LogP contribution in [0.4, 0.5) is 5.69 Å². The Labute approximate surface area is 140 Å². The molecule has 7 nitrogen and oxygen atoms in total. The summed E-state index contributed by atoms with van der Waals surface area (Å²) in [5, 5.41) is 32.4. The van der Waals surface area contributed by atoms with Crippen LogP contribution in [0.5, 0.6) is 5.75 Å². The number of rotatable bonds is 2. The maximum Gasteiger partial charge on any atom is 0.270 e. The lowest BCUT2D eigenvalue weighted by atomic mass is 9.66. The molecular formula is C17H22N2O5. The number of piperidine rings is 1. The topological polar surface area (TPSA) is 104 Å². The summed E-state index contributed by atoms with van der Waals surface area (Å²) in [5.41, 5.74) is -0.660. The van der Waals surface area contributed by atoms with E-state index >= 15 is 0 Å². The van der Waals surface area contributed by atoms with Gasteiger partial charge in [-0.1, -0.05) is 12.8 Å². The van der Waals surface area contributed by atoms with Gasteiger partial charge in [-0.05, 0) is 25.3 Å². The molecule has 1 aromatic rings. The molecule has 0 radical (unpaired) electrons. The monoisotopic (exact) mass is 334 g/mol. The lowest BCUT2D eigenvalue weighted by molar-refractivity contribution is -0.385. The maximum atomic E-state index is 12.1. The zero-order valence-electron chi connectivity index (χ0n) is 13.6. The van der Waals surface area contributed by atoms with Crippen molar-refractivity contribution in [3.8, 4) is 5.75 Å². The summed E-state index contributed by atoms with van der Waals surface area (Å²) < 4.78 is 0. The fraction of sp³-hybridized carbons (Fsp3) is 0.588. The Morgan fingerprint density at radius 2 is 2.12 bits per heavy atom. The first-order valence-electron chi connectivity index (χ1n) is 8.30. The summed E-state index contributed by atoms with van der Waals surface area (Å²) in [6.07, 6.45) is 3.76. The summed E-state index contributed by atoms with van der Waals surface area (Å²) in [7, 11) is 0. The van der Waals surface area contributed by atoms with E-state index in [0.717, 1.165) is 19.3 Å². The maximum absolute atomic E-state index is 12.1. The van der Waals surface area contributed by atoms with E-state index in [2.05, 4.69) is 0 Å². The summed E-state index contributed by atoms with van der Waals surface area (Å²) in [4.78, 5) is 24.3. The molecule has 0 spiro atoms. The van der Waals surface area contributed by atoms with Crippen molar-refractivity contribution in [2.75, 3.05) is 6.54 Å². The van der Waals surface area contributed by atoms with Gasteiger partial charge < -0.3 is 15.1 Å². The molecule has 1 amide bonds. The third-order valence-corrected chi connectivity index (χ3v) is 5.51. The van der Waals surface area contributed by atoms with Crippen LogP contribution in [0, 0.1) is 16.0 Å². The van der Waals surface area contributed by atoms with Gasteiger partial charge in [-0.2, -0.15) is 0 Å². The van der Waals surface area contributed by atoms with Crippen molar-refractivity contribution in [3.63, 3.8) is 0 Å². The van der Waals surface area contributed by atoms with Crippen molar-refractivity contribution < 1.29 is 19.9 Å². The zero-order chi connectivity index (χ0) is 17.5. The fourth-order valence-electron chi connectivity index (χ4n) is 4.31. The van der Waals surface area contributed by atoms with Gasteiger partial charge >= 0.3 is 0 Å². The van der Waals surface area contributed by atoms with Crippen LogP contribution in [-0.4, -0.2) is 38.1 Å². The number of aromatic hydroxyl groups is 1. The minimum atomic E-state index is -0.883. The molecule has 130 valence electrons. The van der Waals surface area contributed by atoms with Crippen molar-refractivity contribution in [3.05, 3.63) is 33.9 Å². The molecule has 2 aliphatic rings. The summed E-state index contributed by atoms with van der Waals surface area (Å²) in [6, 6.07) is 3.33. The van der Waals surface area contributed by atoms with Crippen molar-refractivity contribution >= 4 is 11.6 Å². The number of hydrogen-bond donors (Lipinski definition) is 2. The number of amides is 1. The summed E-state index contributed by atoms with van der Waals surface area (Å²) in [6.45, 7) is 1.84. The van der Waals surface area contributed by atoms with E-state index in [9.17, 15) is 25.1 Å². The molecule has 24 heavy (non-hydrogen) atoms. The second-order valence-corrected chi connectivity index (χ2v) is 6.86. The number of carbonyl (C=O) groups excluding carboxylic acids is 1. The van der Waals surface area contributed by atoms with Gasteiger partial charge in [0.05, 0.1) is 16.6 Å². The third kappa shape index (κ3) is 2.73. The van der Waals surface area contributed by atoms with E-state index in [-0.39, 0.29) is 23.3 Å². The quantitative estimate of drug-likeness (QED) is 0.639. The Hall–Kier alpha value is -2.15. The molecule has 0 bridgehead atoms. The fourth-order valence-corrected chi connectivity index (χ4v) is 4.31. The molecule has 1 aromatic carbocycles. The number of phenols is 1. The number of fused-ring (bicyclic) bond motifs is 1. The molecule has 3 unspecified atom stereocenters. The van der Waals surface area contributed by atoms with Crippen LogP contribution >= 0.6 is 0 Å². The van der Waals surface area contributed by atoms with Crippen LogP contribution in [0.15, 0.2) is 18.2 Å². The van der Waals surface area contributed by atoms with Crippen molar-refractivity contribution in [2.24, 2.45) is 5.92 Å². The van der Waals surface area contributed by atoms with E-state index in [1.165, 1.54) is 25.1 Å². The van der Waals surface area contributed by atoms with Gasteiger partial charge in [0.1, 0.15) is 5.75 Å². The minimum Gasteiger partial charge on any atom is -0.508 e. The lowest BCUT2D eigenvalue weighted by Crippen LogP contribution is -2.55. The first-order valence-corrected chi connectivity index (χ1v) is 8.30. The van der Waals surface area contributed by atoms with Crippen LogP contribution in [0.2, 0.25) is 0 Å². The molecule has 3 rings (SSSR count). The average Bonchev–Trinajstić information content (AvgIpc) is 2.53. The van der Waals surface area contributed by atoms with Gasteiger partial charge in [0.15, 0.2) is 0 Å². The van der Waals surface area contributed by atoms with Gasteiger partial charge in [-0.25, -0.2) is 0 Å². The number of likely N-dealkylation sites (tertiary alicyclic amines) is 1. The number of nitro benzene ring substituents is 1. The van der Waals surface area contributed by atoms with Crippen LogP contribution in [0.25, 0.3) is 0 Å². The van der Waals surface area contributed by atoms with E-state index in [4.69, 9.17) is 0 Å². The molecule has 1 heterocycles. The Bertz CT molecular complexity index is 677. The van der Waals surface area contributed by atoms with Gasteiger partial charge in [0.25, 0.3) is 5.69 Å². The molecule has 2 N–H and O–H groups in total. The lowest BCUT2D eigenvalue weighted by Gasteiger charge is -2.52. The average molecular weight is 334 g/mol. The smallest absolute Gasteiger partial charge is 0.270 e. The Kier molecular flexibility index (Phi) is 4.21. The normalized spacial score (nSPS) is 29.8. The number of carbonyl (C=O) groups is 1. The highest BCUT2D eigenvalue weighted by Crippen LogP contribution is 2.51. The predicted octanol–water partition coefficient (Wildman–Crippen LogP) is 2.52. The largest absolute Gasteiger partial charge is 0.508 e. The highest BCUT2D eigenvalue weighted by atomic mass is 16.6. The number of hydrogen-bond acceptors (Lipinski definition) is 5. The zero-order valence-corrected chi connectivity index (χ0v) is 13.6. The number of aliphatic hydroxyl groups is 1. The van der Waals surface area contributed by atoms with Crippen LogP contribution in [-0.2, 0) is 4.79 Å². The van der Waals surface area contributed by atoms with E-state index in [0.29, 0.717) is 24.9 Å². The highest BCUT2D eigenvalue weighted by molar-refractivity contribution is 5.74. The second-order valence-electron chi connectivity index (χ2n) is 6.86. The molecule has 1 aliphatic heterocycles. The number of nitro groups is 1. The van der Waals surface area contributed by atoms with E-state index in [1.54, 1.807) is 4.90 Å². The van der Waals surface area contributed by atoms with Crippen LogP contribution in [0.3, 0.4) is 0 Å². The van der Waals surface area contributed by atoms with Crippen molar-refractivity contribution in [1.29, 1.82) is 0 Å².